The van der Waals surface area contributed by atoms with Crippen LogP contribution >= 0.6 is 57.4 Å². The lowest BCUT2D eigenvalue weighted by Crippen LogP contribution is -2.41. The van der Waals surface area contributed by atoms with Crippen LogP contribution in [0.25, 0.3) is 11.0 Å². The Kier molecular flexibility index (Phi) is 6.62. The van der Waals surface area contributed by atoms with E-state index < -0.39 is 40.6 Å². The lowest BCUT2D eigenvalue weighted by atomic mass is 10.1. The number of benzene rings is 1. The second kappa shape index (κ2) is 8.49. The van der Waals surface area contributed by atoms with E-state index in [2.05, 4.69) is 4.98 Å². The minimum absolute atomic E-state index is 0.0145. The Morgan fingerprint density at radius 1 is 1.18 bits per heavy atom. The van der Waals surface area contributed by atoms with Crippen molar-refractivity contribution in [3.05, 3.63) is 27.5 Å². The molecule has 1 aliphatic rings. The van der Waals surface area contributed by atoms with Crippen molar-refractivity contribution >= 4 is 80.4 Å². The first kappa shape index (κ1) is 21.8. The molecule has 1 N–H and O–H groups in total. The van der Waals surface area contributed by atoms with E-state index in [-0.39, 0.29) is 15.3 Å². The number of fused-ring (bicyclic) bond motifs is 1. The number of nitrogens with zero attached hydrogens (tertiary/aromatic N) is 2. The summed E-state index contributed by atoms with van der Waals surface area (Å²) in [6.45, 7) is 2.41. The normalized spacial score (nSPS) is 25.7. The van der Waals surface area contributed by atoms with Crippen molar-refractivity contribution in [1.29, 1.82) is 0 Å². The van der Waals surface area contributed by atoms with E-state index in [1.807, 2.05) is 0 Å². The molecule has 3 rings (SSSR count). The van der Waals surface area contributed by atoms with Gasteiger partial charge in [0.2, 0.25) is 5.28 Å². The first-order valence-corrected chi connectivity index (χ1v) is 10.3. The largest absolute Gasteiger partial charge is 0.455 e. The first-order chi connectivity index (χ1) is 13.1. The van der Waals surface area contributed by atoms with Gasteiger partial charge in [-0.1, -0.05) is 23.2 Å². The van der Waals surface area contributed by atoms with Gasteiger partial charge in [0.05, 0.1) is 21.1 Å². The van der Waals surface area contributed by atoms with E-state index in [1.165, 1.54) is 24.5 Å². The molecule has 1 aromatic heterocycles. The van der Waals surface area contributed by atoms with E-state index in [1.54, 1.807) is 28.7 Å². The van der Waals surface area contributed by atoms with Gasteiger partial charge in [-0.25, -0.2) is 4.98 Å². The summed E-state index contributed by atoms with van der Waals surface area (Å²) in [5, 5.41) is 10.7. The van der Waals surface area contributed by atoms with Gasteiger partial charge < -0.3 is 19.3 Å². The standard InChI is InChI=1S/C16H14Cl3IN2O6/c1-5(23)26-11-12(14(20)25)28-15(13(11)27-6(2)24)22-10-4-8(18)7(17)3-9(10)21-16(22)19/h3-4,11-15,25H,1-2H3/t11?,12-,13?,14?,15?/m0/s1. The number of alkyl halides is 1. The second-order valence-electron chi connectivity index (χ2n) is 6.02. The number of aromatic nitrogens is 2. The summed E-state index contributed by atoms with van der Waals surface area (Å²) < 4.78 is 17.0. The molecular formula is C16H14Cl3IN2O6. The van der Waals surface area contributed by atoms with Crippen molar-refractivity contribution in [2.45, 2.75) is 42.5 Å². The fourth-order valence-electron chi connectivity index (χ4n) is 3.04. The van der Waals surface area contributed by atoms with Gasteiger partial charge in [0.25, 0.3) is 0 Å². The third-order valence-corrected chi connectivity index (χ3v) is 5.74. The minimum Gasteiger partial charge on any atom is -0.455 e. The molecule has 0 bridgehead atoms. The predicted octanol–water partition coefficient (Wildman–Crippen LogP) is 3.51. The number of carbonyl (C=O) groups is 2. The lowest BCUT2D eigenvalue weighted by Gasteiger charge is -2.24. The maximum absolute atomic E-state index is 11.7. The molecule has 152 valence electrons. The van der Waals surface area contributed by atoms with E-state index in [0.717, 1.165) is 0 Å². The zero-order chi connectivity index (χ0) is 20.7. The zero-order valence-corrected chi connectivity index (χ0v) is 18.9. The molecule has 0 spiro atoms. The number of hydrogen-bond acceptors (Lipinski definition) is 7. The molecule has 0 aliphatic carbocycles. The molecule has 5 atom stereocenters. The highest BCUT2D eigenvalue weighted by Crippen LogP contribution is 2.41. The van der Waals surface area contributed by atoms with Crippen molar-refractivity contribution in [2.24, 2.45) is 0 Å². The summed E-state index contributed by atoms with van der Waals surface area (Å²) in [7, 11) is 0. The monoisotopic (exact) mass is 562 g/mol. The number of aliphatic hydroxyl groups is 1. The Morgan fingerprint density at radius 3 is 2.32 bits per heavy atom. The molecule has 1 aliphatic heterocycles. The summed E-state index contributed by atoms with van der Waals surface area (Å²) in [6, 6.07) is 3.08. The Morgan fingerprint density at radius 2 is 1.75 bits per heavy atom. The summed E-state index contributed by atoms with van der Waals surface area (Å²) in [5.74, 6) is -1.24. The van der Waals surface area contributed by atoms with Crippen molar-refractivity contribution in [2.75, 3.05) is 0 Å². The third kappa shape index (κ3) is 4.19. The highest BCUT2D eigenvalue weighted by atomic mass is 127. The van der Waals surface area contributed by atoms with Crippen LogP contribution in [0.3, 0.4) is 0 Å². The van der Waals surface area contributed by atoms with E-state index in [0.29, 0.717) is 11.0 Å². The quantitative estimate of drug-likeness (QED) is 0.345. The third-order valence-electron chi connectivity index (χ3n) is 4.04. The van der Waals surface area contributed by atoms with Crippen LogP contribution in [-0.2, 0) is 23.8 Å². The van der Waals surface area contributed by atoms with Crippen molar-refractivity contribution in [3.8, 4) is 0 Å². The van der Waals surface area contributed by atoms with Crippen LogP contribution in [0.4, 0.5) is 0 Å². The van der Waals surface area contributed by atoms with Gasteiger partial charge in [0.1, 0.15) is 10.2 Å². The van der Waals surface area contributed by atoms with Crippen LogP contribution in [-0.4, -0.2) is 49.0 Å². The van der Waals surface area contributed by atoms with E-state index in [9.17, 15) is 14.7 Å². The molecule has 2 aromatic rings. The zero-order valence-electron chi connectivity index (χ0n) is 14.4. The van der Waals surface area contributed by atoms with Crippen LogP contribution in [0.1, 0.15) is 20.1 Å². The number of carbonyl (C=O) groups excluding carboxylic acids is 2. The number of halogens is 4. The average molecular weight is 564 g/mol. The number of imidazole rings is 1. The predicted molar refractivity (Wildman–Crippen MR) is 110 cm³/mol. The SMILES string of the molecule is CC(=O)OC1C(OC(C)=O)[C@@H](C(O)I)OC1n1c(Cl)nc2cc(Cl)c(Cl)cc21. The van der Waals surface area contributed by atoms with Crippen LogP contribution in [0.5, 0.6) is 0 Å². The molecule has 1 saturated heterocycles. The molecule has 28 heavy (non-hydrogen) atoms. The number of hydrogen-bond donors (Lipinski definition) is 1. The Labute approximate surface area is 188 Å². The molecular weight excluding hydrogens is 549 g/mol. The Balaban J connectivity index is 2.14. The molecule has 12 heteroatoms. The maximum Gasteiger partial charge on any atom is 0.303 e. The maximum atomic E-state index is 11.7. The molecule has 0 saturated carbocycles. The fourth-order valence-corrected chi connectivity index (χ4v) is 4.21. The molecule has 1 fully saturated rings. The van der Waals surface area contributed by atoms with Gasteiger partial charge >= 0.3 is 11.9 Å². The van der Waals surface area contributed by atoms with Crippen LogP contribution < -0.4 is 0 Å². The molecule has 4 unspecified atom stereocenters. The second-order valence-corrected chi connectivity index (χ2v) is 8.45. The highest BCUT2D eigenvalue weighted by Gasteiger charge is 2.53. The van der Waals surface area contributed by atoms with E-state index in [4.69, 9.17) is 49.0 Å². The Bertz CT molecular complexity index is 937. The molecule has 2 heterocycles. The van der Waals surface area contributed by atoms with Crippen LogP contribution in [0.2, 0.25) is 15.3 Å². The lowest BCUT2D eigenvalue weighted by molar-refractivity contribution is -0.165. The van der Waals surface area contributed by atoms with Crippen LogP contribution in [0, 0.1) is 0 Å². The number of aliphatic hydroxyl groups excluding tert-OH is 1. The van der Waals surface area contributed by atoms with Gasteiger partial charge in [-0.05, 0) is 46.3 Å². The van der Waals surface area contributed by atoms with Crippen LogP contribution in [0.15, 0.2) is 12.1 Å². The van der Waals surface area contributed by atoms with E-state index >= 15 is 0 Å². The van der Waals surface area contributed by atoms with Gasteiger partial charge in [0, 0.05) is 13.8 Å². The smallest absolute Gasteiger partial charge is 0.303 e. The minimum atomic E-state index is -1.08. The summed E-state index contributed by atoms with van der Waals surface area (Å²) in [4.78, 5) is 27.5. The Hall–Kier alpha value is -0.850. The average Bonchev–Trinajstić information content (AvgIpc) is 3.05. The molecule has 8 nitrogen and oxygen atoms in total. The highest BCUT2D eigenvalue weighted by molar-refractivity contribution is 14.1. The number of esters is 2. The van der Waals surface area contributed by atoms with Gasteiger partial charge in [-0.15, -0.1) is 0 Å². The summed E-state index contributed by atoms with van der Waals surface area (Å²) in [5.41, 5.74) is 0.902. The number of rotatable bonds is 4. The van der Waals surface area contributed by atoms with Crippen molar-refractivity contribution < 1.29 is 28.9 Å². The van der Waals surface area contributed by atoms with Crippen molar-refractivity contribution in [1.82, 2.24) is 9.55 Å². The molecule has 0 radical (unpaired) electrons. The topological polar surface area (TPSA) is 99.9 Å². The fraction of sp³-hybridized carbons (Fsp3) is 0.438. The summed E-state index contributed by atoms with van der Waals surface area (Å²) >= 11 is 20.2. The van der Waals surface area contributed by atoms with Gasteiger partial charge in [-0.2, -0.15) is 0 Å². The van der Waals surface area contributed by atoms with Crippen molar-refractivity contribution in [3.63, 3.8) is 0 Å². The summed E-state index contributed by atoms with van der Waals surface area (Å²) in [6.07, 6.45) is -4.15. The van der Waals surface area contributed by atoms with Gasteiger partial charge in [0.15, 0.2) is 18.4 Å². The first-order valence-electron chi connectivity index (χ1n) is 7.94. The molecule has 0 amide bonds. The molecule has 1 aromatic carbocycles. The number of ether oxygens (including phenoxy) is 3. The van der Waals surface area contributed by atoms with Gasteiger partial charge in [-0.3, -0.25) is 14.2 Å².